The van der Waals surface area contributed by atoms with Gasteiger partial charge in [-0.15, -0.1) is 13.2 Å². The fourth-order valence-electron chi connectivity index (χ4n) is 1.83. The first kappa shape index (κ1) is 13.9. The number of rotatable bonds is 3. The molecule has 0 aliphatic heterocycles. The number of carbonyl (C=O) groups is 1. The van der Waals surface area contributed by atoms with Crippen LogP contribution in [0.25, 0.3) is 10.9 Å². The lowest BCUT2D eigenvalue weighted by Gasteiger charge is -2.13. The van der Waals surface area contributed by atoms with Gasteiger partial charge >= 0.3 is 6.36 Å². The summed E-state index contributed by atoms with van der Waals surface area (Å²) < 4.78 is 41.8. The van der Waals surface area contributed by atoms with Crippen molar-refractivity contribution in [3.8, 4) is 5.75 Å². The highest BCUT2D eigenvalue weighted by Crippen LogP contribution is 2.29. The number of alkyl halides is 3. The Labute approximate surface area is 110 Å². The number of benzene rings is 1. The molecule has 2 N–H and O–H groups in total. The first-order valence-corrected chi connectivity index (χ1v) is 5.44. The molecule has 0 aliphatic carbocycles. The molecule has 0 fully saturated rings. The van der Waals surface area contributed by atoms with Gasteiger partial charge in [0.1, 0.15) is 12.3 Å². The Balaban J connectivity index is 2.65. The molecule has 0 radical (unpaired) electrons. The van der Waals surface area contributed by atoms with Crippen LogP contribution in [0, 0.1) is 0 Å². The van der Waals surface area contributed by atoms with Crippen LogP contribution in [0.3, 0.4) is 0 Å². The molecule has 0 unspecified atom stereocenters. The van der Waals surface area contributed by atoms with E-state index in [2.05, 4.69) is 4.74 Å². The van der Waals surface area contributed by atoms with Crippen LogP contribution in [-0.2, 0) is 11.3 Å². The Bertz CT molecular complexity index is 722. The molecule has 0 saturated heterocycles. The average Bonchev–Trinajstić information content (AvgIpc) is 2.31. The summed E-state index contributed by atoms with van der Waals surface area (Å²) in [5, 5.41) is 0.0608. The highest BCUT2D eigenvalue weighted by Gasteiger charge is 2.31. The number of halogens is 3. The minimum atomic E-state index is -4.85. The zero-order valence-corrected chi connectivity index (χ0v) is 9.98. The monoisotopic (exact) mass is 286 g/mol. The molecule has 1 amide bonds. The average molecular weight is 286 g/mol. The van der Waals surface area contributed by atoms with Crippen molar-refractivity contribution >= 4 is 16.8 Å². The van der Waals surface area contributed by atoms with E-state index >= 15 is 0 Å². The van der Waals surface area contributed by atoms with Crippen LogP contribution in [0.1, 0.15) is 0 Å². The van der Waals surface area contributed by atoms with Crippen LogP contribution in [0.15, 0.2) is 35.1 Å². The summed E-state index contributed by atoms with van der Waals surface area (Å²) >= 11 is 0. The molecule has 1 aromatic heterocycles. The quantitative estimate of drug-likeness (QED) is 0.926. The highest BCUT2D eigenvalue weighted by molar-refractivity contribution is 5.86. The molecule has 1 aromatic carbocycles. The van der Waals surface area contributed by atoms with E-state index in [0.29, 0.717) is 0 Å². The second-order valence-corrected chi connectivity index (χ2v) is 3.96. The van der Waals surface area contributed by atoms with Crippen LogP contribution in [0.4, 0.5) is 13.2 Å². The first-order valence-electron chi connectivity index (χ1n) is 5.44. The molecule has 8 heteroatoms. The summed E-state index contributed by atoms with van der Waals surface area (Å²) in [4.78, 5) is 22.6. The standard InChI is InChI=1S/C12H9F3N2O3/c13-12(14,15)20-9-3-1-2-8-7(9)4-5-11(19)17(8)6-10(16)18/h1-5H,6H2,(H2,16,18). The number of carbonyl (C=O) groups excluding carboxylic acids is 1. The summed E-state index contributed by atoms with van der Waals surface area (Å²) in [6.07, 6.45) is -4.85. The van der Waals surface area contributed by atoms with E-state index < -0.39 is 30.1 Å². The van der Waals surface area contributed by atoms with E-state index in [-0.39, 0.29) is 10.9 Å². The van der Waals surface area contributed by atoms with E-state index in [1.165, 1.54) is 18.2 Å². The first-order chi connectivity index (χ1) is 9.28. The van der Waals surface area contributed by atoms with Crippen molar-refractivity contribution in [2.24, 2.45) is 5.73 Å². The molecule has 0 spiro atoms. The number of ether oxygens (including phenoxy) is 1. The third-order valence-electron chi connectivity index (χ3n) is 2.53. The van der Waals surface area contributed by atoms with Crippen LogP contribution in [0.5, 0.6) is 5.75 Å². The number of fused-ring (bicyclic) bond motifs is 1. The van der Waals surface area contributed by atoms with Crippen molar-refractivity contribution in [2.45, 2.75) is 12.9 Å². The van der Waals surface area contributed by atoms with Gasteiger partial charge in [0.25, 0.3) is 5.56 Å². The van der Waals surface area contributed by atoms with Crippen molar-refractivity contribution in [3.63, 3.8) is 0 Å². The van der Waals surface area contributed by atoms with E-state index in [4.69, 9.17) is 5.73 Å². The number of hydrogen-bond acceptors (Lipinski definition) is 3. The molecule has 1 heterocycles. The molecule has 5 nitrogen and oxygen atoms in total. The Morgan fingerprint density at radius 3 is 2.55 bits per heavy atom. The third kappa shape index (κ3) is 2.90. The van der Waals surface area contributed by atoms with Gasteiger partial charge in [-0.05, 0) is 18.2 Å². The van der Waals surface area contributed by atoms with Gasteiger partial charge in [-0.3, -0.25) is 14.2 Å². The lowest BCUT2D eigenvalue weighted by molar-refractivity contribution is -0.274. The van der Waals surface area contributed by atoms with E-state index in [9.17, 15) is 22.8 Å². The summed E-state index contributed by atoms with van der Waals surface area (Å²) in [5.41, 5.74) is 4.61. The lowest BCUT2D eigenvalue weighted by atomic mass is 10.2. The molecular weight excluding hydrogens is 277 g/mol. The van der Waals surface area contributed by atoms with Crippen LogP contribution in [-0.4, -0.2) is 16.8 Å². The summed E-state index contributed by atoms with van der Waals surface area (Å²) in [6.45, 7) is -0.425. The van der Waals surface area contributed by atoms with Crippen molar-refractivity contribution in [1.82, 2.24) is 4.57 Å². The Morgan fingerprint density at radius 2 is 1.95 bits per heavy atom. The second-order valence-electron chi connectivity index (χ2n) is 3.96. The predicted octanol–water partition coefficient (Wildman–Crippen LogP) is 1.39. The van der Waals surface area contributed by atoms with Crippen molar-refractivity contribution in [3.05, 3.63) is 40.7 Å². The number of hydrogen-bond donors (Lipinski definition) is 1. The maximum atomic E-state index is 12.3. The molecule has 106 valence electrons. The number of nitrogens with two attached hydrogens (primary N) is 1. The Hall–Kier alpha value is -2.51. The number of nitrogens with zero attached hydrogens (tertiary/aromatic N) is 1. The van der Waals surface area contributed by atoms with E-state index in [1.807, 2.05) is 0 Å². The van der Waals surface area contributed by atoms with Crippen molar-refractivity contribution in [2.75, 3.05) is 0 Å². The minimum absolute atomic E-state index is 0.0608. The predicted molar refractivity (Wildman–Crippen MR) is 64.1 cm³/mol. The van der Waals surface area contributed by atoms with Gasteiger partial charge in [-0.25, -0.2) is 0 Å². The van der Waals surface area contributed by atoms with Gasteiger partial charge in [0, 0.05) is 11.5 Å². The van der Waals surface area contributed by atoms with Gasteiger partial charge in [-0.2, -0.15) is 0 Å². The van der Waals surface area contributed by atoms with E-state index in [1.54, 1.807) is 0 Å². The van der Waals surface area contributed by atoms with Crippen molar-refractivity contribution in [1.29, 1.82) is 0 Å². The second kappa shape index (κ2) is 4.87. The molecular formula is C12H9F3N2O3. The maximum absolute atomic E-state index is 12.3. The van der Waals surface area contributed by atoms with Crippen LogP contribution < -0.4 is 16.0 Å². The summed E-state index contributed by atoms with van der Waals surface area (Å²) in [5.74, 6) is -1.23. The molecule has 2 rings (SSSR count). The molecule has 0 aliphatic rings. The number of aromatic nitrogens is 1. The molecule has 0 saturated carbocycles. The van der Waals surface area contributed by atoms with E-state index in [0.717, 1.165) is 16.7 Å². The molecule has 0 bridgehead atoms. The SMILES string of the molecule is NC(=O)Cn1c(=O)ccc2c(OC(F)(F)F)cccc21. The fraction of sp³-hybridized carbons (Fsp3) is 0.167. The number of primary amides is 1. The molecule has 0 atom stereocenters. The van der Waals surface area contributed by atoms with Crippen LogP contribution in [0.2, 0.25) is 0 Å². The molecule has 2 aromatic rings. The van der Waals surface area contributed by atoms with Gasteiger partial charge in [0.2, 0.25) is 5.91 Å². The summed E-state index contributed by atoms with van der Waals surface area (Å²) in [6, 6.07) is 6.07. The van der Waals surface area contributed by atoms with Gasteiger partial charge < -0.3 is 10.5 Å². The summed E-state index contributed by atoms with van der Waals surface area (Å²) in [7, 11) is 0. The normalized spacial score (nSPS) is 11.6. The Kier molecular flexibility index (Phi) is 3.39. The zero-order chi connectivity index (χ0) is 14.9. The van der Waals surface area contributed by atoms with Gasteiger partial charge in [0.15, 0.2) is 0 Å². The molecule has 20 heavy (non-hydrogen) atoms. The lowest BCUT2D eigenvalue weighted by Crippen LogP contribution is -2.27. The minimum Gasteiger partial charge on any atom is -0.405 e. The zero-order valence-electron chi connectivity index (χ0n) is 9.98. The third-order valence-corrected chi connectivity index (χ3v) is 2.53. The largest absolute Gasteiger partial charge is 0.573 e. The maximum Gasteiger partial charge on any atom is 0.573 e. The Morgan fingerprint density at radius 1 is 1.25 bits per heavy atom. The fourth-order valence-corrected chi connectivity index (χ4v) is 1.83. The van der Waals surface area contributed by atoms with Gasteiger partial charge in [0.05, 0.1) is 5.52 Å². The van der Waals surface area contributed by atoms with Crippen LogP contribution >= 0.6 is 0 Å². The smallest absolute Gasteiger partial charge is 0.405 e. The van der Waals surface area contributed by atoms with Crippen molar-refractivity contribution < 1.29 is 22.7 Å². The highest BCUT2D eigenvalue weighted by atomic mass is 19.4. The number of amides is 1. The van der Waals surface area contributed by atoms with Gasteiger partial charge in [-0.1, -0.05) is 6.07 Å². The topological polar surface area (TPSA) is 74.3 Å². The number of pyridine rings is 1.